The van der Waals surface area contributed by atoms with Crippen LogP contribution in [0, 0.1) is 6.92 Å². The first-order valence-corrected chi connectivity index (χ1v) is 6.56. The molecule has 0 atom stereocenters. The van der Waals surface area contributed by atoms with Gasteiger partial charge in [0.2, 0.25) is 5.95 Å². The molecule has 0 amide bonds. The lowest BCUT2D eigenvalue weighted by Gasteiger charge is -2.05. The van der Waals surface area contributed by atoms with Crippen LogP contribution in [-0.4, -0.2) is 9.97 Å². The molecule has 0 radical (unpaired) electrons. The number of aromatic amines is 1. The molecule has 5 heteroatoms. The number of rotatable bonds is 2. The van der Waals surface area contributed by atoms with Crippen LogP contribution >= 0.6 is 23.2 Å². The second-order valence-corrected chi connectivity index (χ2v) is 5.12. The minimum Gasteiger partial charge on any atom is -0.324 e. The topological polar surface area (TPSA) is 40.7 Å². The molecule has 0 fully saturated rings. The quantitative estimate of drug-likeness (QED) is 0.703. The van der Waals surface area contributed by atoms with E-state index in [2.05, 4.69) is 15.3 Å². The van der Waals surface area contributed by atoms with Gasteiger partial charge >= 0.3 is 0 Å². The molecule has 0 aliphatic rings. The molecule has 2 N–H and O–H groups in total. The second-order valence-electron chi connectivity index (χ2n) is 4.33. The van der Waals surface area contributed by atoms with Crippen LogP contribution in [0.4, 0.5) is 11.6 Å². The molecule has 0 aliphatic heterocycles. The summed E-state index contributed by atoms with van der Waals surface area (Å²) in [6.45, 7) is 2.04. The molecule has 0 saturated carbocycles. The third-order valence-corrected chi connectivity index (χ3v) is 3.66. The molecule has 0 saturated heterocycles. The van der Waals surface area contributed by atoms with Gasteiger partial charge < -0.3 is 10.3 Å². The van der Waals surface area contributed by atoms with Gasteiger partial charge in [-0.15, -0.1) is 0 Å². The Morgan fingerprint density at radius 2 is 2.00 bits per heavy atom. The van der Waals surface area contributed by atoms with Crippen molar-refractivity contribution < 1.29 is 0 Å². The van der Waals surface area contributed by atoms with Crippen molar-refractivity contribution >= 4 is 45.9 Å². The van der Waals surface area contributed by atoms with Gasteiger partial charge in [0.05, 0.1) is 26.8 Å². The lowest BCUT2D eigenvalue weighted by Crippen LogP contribution is -1.93. The van der Waals surface area contributed by atoms with E-state index in [1.807, 2.05) is 37.3 Å². The monoisotopic (exact) mass is 291 g/mol. The molecule has 3 aromatic rings. The number of benzene rings is 2. The first kappa shape index (κ1) is 12.3. The molecule has 2 aromatic carbocycles. The number of fused-ring (bicyclic) bond motifs is 1. The van der Waals surface area contributed by atoms with Crippen molar-refractivity contribution in [1.29, 1.82) is 0 Å². The van der Waals surface area contributed by atoms with E-state index in [9.17, 15) is 0 Å². The Morgan fingerprint density at radius 3 is 2.84 bits per heavy atom. The number of aryl methyl sites for hydroxylation is 1. The fourth-order valence-corrected chi connectivity index (χ4v) is 2.26. The zero-order chi connectivity index (χ0) is 13.4. The molecule has 0 bridgehead atoms. The number of nitrogens with zero attached hydrogens (tertiary/aromatic N) is 1. The summed E-state index contributed by atoms with van der Waals surface area (Å²) in [5.74, 6) is 0.643. The van der Waals surface area contributed by atoms with Gasteiger partial charge in [-0.2, -0.15) is 0 Å². The molecule has 1 heterocycles. The van der Waals surface area contributed by atoms with Gasteiger partial charge in [0, 0.05) is 0 Å². The van der Waals surface area contributed by atoms with Crippen molar-refractivity contribution in [2.75, 3.05) is 5.32 Å². The third kappa shape index (κ3) is 2.39. The van der Waals surface area contributed by atoms with Crippen LogP contribution in [0.5, 0.6) is 0 Å². The van der Waals surface area contributed by atoms with Crippen LogP contribution in [0.2, 0.25) is 10.0 Å². The summed E-state index contributed by atoms with van der Waals surface area (Å²) in [7, 11) is 0. The number of H-pyrrole nitrogens is 1. The lowest BCUT2D eigenvalue weighted by atomic mass is 10.2. The molecular formula is C14H11Cl2N3. The van der Waals surface area contributed by atoms with Crippen molar-refractivity contribution in [1.82, 2.24) is 9.97 Å². The maximum absolute atomic E-state index is 6.13. The Hall–Kier alpha value is -1.71. The summed E-state index contributed by atoms with van der Waals surface area (Å²) >= 11 is 12.1. The van der Waals surface area contributed by atoms with Gasteiger partial charge in [-0.1, -0.05) is 35.3 Å². The average Bonchev–Trinajstić information content (AvgIpc) is 2.76. The Kier molecular flexibility index (Phi) is 3.09. The zero-order valence-corrected chi connectivity index (χ0v) is 11.7. The van der Waals surface area contributed by atoms with Crippen molar-refractivity contribution in [2.24, 2.45) is 0 Å². The van der Waals surface area contributed by atoms with Crippen LogP contribution < -0.4 is 5.32 Å². The second kappa shape index (κ2) is 4.76. The number of nitrogens with one attached hydrogen (secondary N) is 2. The van der Waals surface area contributed by atoms with Gasteiger partial charge in [-0.05, 0) is 36.8 Å². The van der Waals surface area contributed by atoms with Crippen molar-refractivity contribution in [2.45, 2.75) is 6.92 Å². The maximum atomic E-state index is 6.13. The van der Waals surface area contributed by atoms with E-state index in [1.165, 1.54) is 5.56 Å². The predicted molar refractivity (Wildman–Crippen MR) is 80.6 cm³/mol. The van der Waals surface area contributed by atoms with Crippen LogP contribution in [0.25, 0.3) is 11.0 Å². The summed E-state index contributed by atoms with van der Waals surface area (Å²) in [5, 5.41) is 4.14. The molecule has 3 rings (SSSR count). The van der Waals surface area contributed by atoms with Crippen LogP contribution in [0.1, 0.15) is 5.56 Å². The van der Waals surface area contributed by atoms with Crippen molar-refractivity contribution in [3.8, 4) is 0 Å². The van der Waals surface area contributed by atoms with E-state index in [1.54, 1.807) is 6.07 Å². The lowest BCUT2D eigenvalue weighted by molar-refractivity contribution is 1.31. The fourth-order valence-electron chi connectivity index (χ4n) is 1.91. The van der Waals surface area contributed by atoms with E-state index >= 15 is 0 Å². The number of anilines is 2. The molecule has 0 aliphatic carbocycles. The maximum Gasteiger partial charge on any atom is 0.205 e. The van der Waals surface area contributed by atoms with Crippen molar-refractivity contribution in [3.05, 3.63) is 52.0 Å². The Bertz CT molecular complexity index is 750. The Labute approximate surface area is 120 Å². The van der Waals surface area contributed by atoms with Crippen LogP contribution in [-0.2, 0) is 0 Å². The molecule has 19 heavy (non-hydrogen) atoms. The summed E-state index contributed by atoms with van der Waals surface area (Å²) in [4.78, 5) is 7.66. The summed E-state index contributed by atoms with van der Waals surface area (Å²) in [6, 6.07) is 11.5. The smallest absolute Gasteiger partial charge is 0.205 e. The van der Waals surface area contributed by atoms with Gasteiger partial charge in [0.25, 0.3) is 0 Å². The SMILES string of the molecule is Cc1ccc2nc(Nc3cccc(Cl)c3Cl)[nH]c2c1. The molecule has 1 aromatic heterocycles. The number of imidazole rings is 1. The first-order chi connectivity index (χ1) is 9.13. The highest BCUT2D eigenvalue weighted by Gasteiger charge is 2.07. The van der Waals surface area contributed by atoms with E-state index in [0.717, 1.165) is 16.7 Å². The summed E-state index contributed by atoms with van der Waals surface area (Å²) in [5.41, 5.74) is 3.81. The first-order valence-electron chi connectivity index (χ1n) is 5.81. The zero-order valence-electron chi connectivity index (χ0n) is 10.2. The van der Waals surface area contributed by atoms with Gasteiger partial charge in [0.1, 0.15) is 0 Å². The predicted octanol–water partition coefficient (Wildman–Crippen LogP) is 4.92. The van der Waals surface area contributed by atoms with Gasteiger partial charge in [-0.25, -0.2) is 4.98 Å². The summed E-state index contributed by atoms with van der Waals surface area (Å²) in [6.07, 6.45) is 0. The standard InChI is InChI=1S/C14H11Cl2N3/c1-8-5-6-10-12(7-8)19-14(17-10)18-11-4-2-3-9(15)13(11)16/h2-7H,1H3,(H2,17,18,19). The minimum atomic E-state index is 0.487. The van der Waals surface area contributed by atoms with Crippen molar-refractivity contribution in [3.63, 3.8) is 0 Å². The van der Waals surface area contributed by atoms with Crippen LogP contribution in [0.3, 0.4) is 0 Å². The van der Waals surface area contributed by atoms with Gasteiger partial charge in [0.15, 0.2) is 0 Å². The minimum absolute atomic E-state index is 0.487. The highest BCUT2D eigenvalue weighted by Crippen LogP contribution is 2.31. The molecule has 0 unspecified atom stereocenters. The van der Waals surface area contributed by atoms with Gasteiger partial charge in [-0.3, -0.25) is 0 Å². The van der Waals surface area contributed by atoms with E-state index in [-0.39, 0.29) is 0 Å². The number of aromatic nitrogens is 2. The molecular weight excluding hydrogens is 281 g/mol. The van der Waals surface area contributed by atoms with E-state index < -0.39 is 0 Å². The fraction of sp³-hybridized carbons (Fsp3) is 0.0714. The molecule has 96 valence electrons. The average molecular weight is 292 g/mol. The van der Waals surface area contributed by atoms with Crippen LogP contribution in [0.15, 0.2) is 36.4 Å². The highest BCUT2D eigenvalue weighted by molar-refractivity contribution is 6.43. The largest absolute Gasteiger partial charge is 0.324 e. The molecule has 0 spiro atoms. The molecule has 3 nitrogen and oxygen atoms in total. The number of hydrogen-bond acceptors (Lipinski definition) is 2. The third-order valence-electron chi connectivity index (χ3n) is 2.84. The highest BCUT2D eigenvalue weighted by atomic mass is 35.5. The Balaban J connectivity index is 1.99. The number of hydrogen-bond donors (Lipinski definition) is 2. The van der Waals surface area contributed by atoms with E-state index in [4.69, 9.17) is 23.2 Å². The van der Waals surface area contributed by atoms with E-state index in [0.29, 0.717) is 16.0 Å². The summed E-state index contributed by atoms with van der Waals surface area (Å²) < 4.78 is 0. The Morgan fingerprint density at radius 1 is 1.16 bits per heavy atom. The number of halogens is 2. The normalized spacial score (nSPS) is 10.9.